The van der Waals surface area contributed by atoms with Crippen molar-refractivity contribution in [3.05, 3.63) is 59.9 Å². The first kappa shape index (κ1) is 12.6. The van der Waals surface area contributed by atoms with Gasteiger partial charge in [0.25, 0.3) is 0 Å². The van der Waals surface area contributed by atoms with E-state index in [1.54, 1.807) is 6.20 Å². The van der Waals surface area contributed by atoms with Crippen LogP contribution in [0.1, 0.15) is 24.1 Å². The summed E-state index contributed by atoms with van der Waals surface area (Å²) >= 11 is 0. The molecule has 94 valence electrons. The van der Waals surface area contributed by atoms with Gasteiger partial charge in [-0.3, -0.25) is 4.98 Å². The van der Waals surface area contributed by atoms with Crippen molar-refractivity contribution < 1.29 is 4.74 Å². The van der Waals surface area contributed by atoms with Crippen molar-refractivity contribution in [1.82, 2.24) is 10.3 Å². The molecule has 3 heteroatoms. The minimum atomic E-state index is 0.359. The summed E-state index contributed by atoms with van der Waals surface area (Å²) < 4.78 is 5.70. The van der Waals surface area contributed by atoms with Crippen LogP contribution in [0, 0.1) is 0 Å². The number of nitrogens with one attached hydrogen (secondary N) is 1. The second-order valence-electron chi connectivity index (χ2n) is 4.23. The zero-order valence-electron chi connectivity index (χ0n) is 10.8. The summed E-state index contributed by atoms with van der Waals surface area (Å²) in [5.41, 5.74) is 2.33. The van der Waals surface area contributed by atoms with Crippen molar-refractivity contribution in [1.29, 1.82) is 0 Å². The van der Waals surface area contributed by atoms with E-state index < -0.39 is 0 Å². The first-order valence-corrected chi connectivity index (χ1v) is 6.08. The molecule has 0 amide bonds. The molecule has 0 aliphatic carbocycles. The Labute approximate surface area is 108 Å². The van der Waals surface area contributed by atoms with E-state index in [9.17, 15) is 0 Å². The Bertz CT molecular complexity index is 468. The van der Waals surface area contributed by atoms with E-state index in [4.69, 9.17) is 4.74 Å². The minimum absolute atomic E-state index is 0.359. The van der Waals surface area contributed by atoms with Crippen molar-refractivity contribution in [2.75, 3.05) is 7.05 Å². The normalized spacial score (nSPS) is 12.1. The predicted molar refractivity (Wildman–Crippen MR) is 72.5 cm³/mol. The van der Waals surface area contributed by atoms with Gasteiger partial charge in [0, 0.05) is 24.0 Å². The van der Waals surface area contributed by atoms with Crippen LogP contribution < -0.4 is 10.1 Å². The van der Waals surface area contributed by atoms with Gasteiger partial charge in [-0.2, -0.15) is 0 Å². The van der Waals surface area contributed by atoms with Crippen LogP contribution in [0.25, 0.3) is 0 Å². The molecule has 1 aromatic carbocycles. The Morgan fingerprint density at radius 3 is 2.61 bits per heavy atom. The lowest BCUT2D eigenvalue weighted by Crippen LogP contribution is -2.11. The van der Waals surface area contributed by atoms with E-state index in [-0.39, 0.29) is 0 Å². The second-order valence-corrected chi connectivity index (χ2v) is 4.23. The maximum atomic E-state index is 5.70. The van der Waals surface area contributed by atoms with Gasteiger partial charge >= 0.3 is 0 Å². The SMILES string of the molecule is CNC(C)c1ccc(OCc2cccnc2)cc1. The molecule has 0 aliphatic rings. The van der Waals surface area contributed by atoms with Gasteiger partial charge in [-0.15, -0.1) is 0 Å². The standard InChI is InChI=1S/C15H18N2O/c1-12(16-2)14-5-7-15(8-6-14)18-11-13-4-3-9-17-10-13/h3-10,12,16H,11H2,1-2H3. The Balaban J connectivity index is 1.94. The molecular weight excluding hydrogens is 224 g/mol. The lowest BCUT2D eigenvalue weighted by Gasteiger charge is -2.11. The molecule has 18 heavy (non-hydrogen) atoms. The van der Waals surface area contributed by atoms with Gasteiger partial charge in [-0.25, -0.2) is 0 Å². The van der Waals surface area contributed by atoms with Crippen LogP contribution in [0.3, 0.4) is 0 Å². The van der Waals surface area contributed by atoms with E-state index in [0.29, 0.717) is 12.6 Å². The molecule has 1 heterocycles. The average Bonchev–Trinajstić information content (AvgIpc) is 2.46. The van der Waals surface area contributed by atoms with Crippen molar-refractivity contribution in [3.63, 3.8) is 0 Å². The third-order valence-electron chi connectivity index (χ3n) is 2.94. The quantitative estimate of drug-likeness (QED) is 0.875. The zero-order valence-corrected chi connectivity index (χ0v) is 10.8. The van der Waals surface area contributed by atoms with Gasteiger partial charge < -0.3 is 10.1 Å². The van der Waals surface area contributed by atoms with Crippen LogP contribution in [-0.2, 0) is 6.61 Å². The van der Waals surface area contributed by atoms with Crippen molar-refractivity contribution in [2.45, 2.75) is 19.6 Å². The summed E-state index contributed by atoms with van der Waals surface area (Å²) in [4.78, 5) is 4.06. The van der Waals surface area contributed by atoms with E-state index >= 15 is 0 Å². The Morgan fingerprint density at radius 2 is 2.00 bits per heavy atom. The van der Waals surface area contributed by atoms with Gasteiger partial charge in [0.2, 0.25) is 0 Å². The van der Waals surface area contributed by atoms with E-state index in [1.165, 1.54) is 5.56 Å². The number of hydrogen-bond donors (Lipinski definition) is 1. The van der Waals surface area contributed by atoms with Crippen LogP contribution in [-0.4, -0.2) is 12.0 Å². The molecule has 1 N–H and O–H groups in total. The predicted octanol–water partition coefficient (Wildman–Crippen LogP) is 2.94. The van der Waals surface area contributed by atoms with Crippen LogP contribution in [0.4, 0.5) is 0 Å². The number of hydrogen-bond acceptors (Lipinski definition) is 3. The summed E-state index contributed by atoms with van der Waals surface area (Å²) in [7, 11) is 1.96. The van der Waals surface area contributed by atoms with Gasteiger partial charge in [0.1, 0.15) is 12.4 Å². The van der Waals surface area contributed by atoms with Crippen LogP contribution in [0.5, 0.6) is 5.75 Å². The first-order chi connectivity index (χ1) is 8.79. The van der Waals surface area contributed by atoms with Gasteiger partial charge in [-0.05, 0) is 37.7 Å². The highest BCUT2D eigenvalue weighted by molar-refractivity contribution is 5.29. The third-order valence-corrected chi connectivity index (χ3v) is 2.94. The molecule has 0 bridgehead atoms. The number of nitrogens with zero attached hydrogens (tertiary/aromatic N) is 1. The maximum Gasteiger partial charge on any atom is 0.119 e. The molecule has 0 aliphatic heterocycles. The summed E-state index contributed by atoms with van der Waals surface area (Å²) in [6.45, 7) is 2.68. The fourth-order valence-electron chi connectivity index (χ4n) is 1.67. The lowest BCUT2D eigenvalue weighted by atomic mass is 10.1. The highest BCUT2D eigenvalue weighted by atomic mass is 16.5. The number of pyridine rings is 1. The fraction of sp³-hybridized carbons (Fsp3) is 0.267. The molecule has 0 saturated heterocycles. The zero-order chi connectivity index (χ0) is 12.8. The van der Waals surface area contributed by atoms with E-state index in [0.717, 1.165) is 11.3 Å². The first-order valence-electron chi connectivity index (χ1n) is 6.08. The smallest absolute Gasteiger partial charge is 0.119 e. The van der Waals surface area contributed by atoms with Crippen molar-refractivity contribution in [2.24, 2.45) is 0 Å². The van der Waals surface area contributed by atoms with Crippen LogP contribution in [0.2, 0.25) is 0 Å². The number of ether oxygens (including phenoxy) is 1. The molecule has 2 rings (SSSR count). The molecule has 3 nitrogen and oxygen atoms in total. The molecule has 1 aromatic heterocycles. The maximum absolute atomic E-state index is 5.70. The molecule has 1 unspecified atom stereocenters. The van der Waals surface area contributed by atoms with E-state index in [2.05, 4.69) is 29.4 Å². The topological polar surface area (TPSA) is 34.1 Å². The number of benzene rings is 1. The number of aromatic nitrogens is 1. The number of rotatable bonds is 5. The second kappa shape index (κ2) is 6.17. The fourth-order valence-corrected chi connectivity index (χ4v) is 1.67. The lowest BCUT2D eigenvalue weighted by molar-refractivity contribution is 0.305. The largest absolute Gasteiger partial charge is 0.489 e. The highest BCUT2D eigenvalue weighted by Gasteiger charge is 2.02. The van der Waals surface area contributed by atoms with Gasteiger partial charge in [0.05, 0.1) is 0 Å². The summed E-state index contributed by atoms with van der Waals surface area (Å²) in [5.74, 6) is 0.880. The molecular formula is C15H18N2O. The Hall–Kier alpha value is -1.87. The summed E-state index contributed by atoms with van der Waals surface area (Å²) in [5, 5.41) is 3.21. The molecule has 0 fully saturated rings. The van der Waals surface area contributed by atoms with Crippen molar-refractivity contribution in [3.8, 4) is 5.75 Å². The minimum Gasteiger partial charge on any atom is -0.489 e. The summed E-state index contributed by atoms with van der Waals surface area (Å²) in [6, 6.07) is 12.4. The highest BCUT2D eigenvalue weighted by Crippen LogP contribution is 2.18. The molecule has 0 spiro atoms. The van der Waals surface area contributed by atoms with Crippen LogP contribution in [0.15, 0.2) is 48.8 Å². The molecule has 2 aromatic rings. The molecule has 0 radical (unpaired) electrons. The van der Waals surface area contributed by atoms with Crippen LogP contribution >= 0.6 is 0 Å². The monoisotopic (exact) mass is 242 g/mol. The molecule has 0 saturated carbocycles. The summed E-state index contributed by atoms with van der Waals surface area (Å²) in [6.07, 6.45) is 3.58. The van der Waals surface area contributed by atoms with E-state index in [1.807, 2.05) is 37.5 Å². The average molecular weight is 242 g/mol. The Kier molecular flexibility index (Phi) is 4.31. The van der Waals surface area contributed by atoms with Crippen molar-refractivity contribution >= 4 is 0 Å². The molecule has 1 atom stereocenters. The Morgan fingerprint density at radius 1 is 1.22 bits per heavy atom. The van der Waals surface area contributed by atoms with Gasteiger partial charge in [-0.1, -0.05) is 18.2 Å². The third kappa shape index (κ3) is 3.31. The van der Waals surface area contributed by atoms with Gasteiger partial charge in [0.15, 0.2) is 0 Å².